The highest BCUT2D eigenvalue weighted by Gasteiger charge is 2.26. The van der Waals surface area contributed by atoms with Gasteiger partial charge in [-0.1, -0.05) is 17.7 Å². The minimum atomic E-state index is -0.763. The maximum Gasteiger partial charge on any atom is 0.318 e. The molecule has 0 saturated carbocycles. The summed E-state index contributed by atoms with van der Waals surface area (Å²) in [5, 5.41) is 25.7. The molecule has 0 aromatic heterocycles. The number of nitrogens with zero attached hydrogens (tertiary/aromatic N) is 3. The fourth-order valence-corrected chi connectivity index (χ4v) is 4.74. The summed E-state index contributed by atoms with van der Waals surface area (Å²) in [5.74, 6) is -0.123. The number of nitro groups is 2. The number of amidine groups is 1. The number of non-ortho nitro benzene ring substituents is 1. The van der Waals surface area contributed by atoms with E-state index in [0.717, 1.165) is 23.8 Å². The molecule has 11 nitrogen and oxygen atoms in total. The van der Waals surface area contributed by atoms with E-state index in [0.29, 0.717) is 25.8 Å². The number of nitrogens with one attached hydrogen (secondary N) is 1. The monoisotopic (exact) mass is 598 g/mol. The summed E-state index contributed by atoms with van der Waals surface area (Å²) in [6, 6.07) is 13.9. The number of nitro benzene ring substituents is 2. The van der Waals surface area contributed by atoms with Crippen molar-refractivity contribution in [3.8, 4) is 17.2 Å². The van der Waals surface area contributed by atoms with Crippen LogP contribution in [0.4, 0.5) is 17.1 Å². The van der Waals surface area contributed by atoms with Crippen LogP contribution in [0, 0.1) is 27.2 Å². The van der Waals surface area contributed by atoms with Crippen molar-refractivity contribution in [2.45, 2.75) is 13.8 Å². The van der Waals surface area contributed by atoms with Crippen molar-refractivity contribution >= 4 is 61.9 Å². The van der Waals surface area contributed by atoms with Gasteiger partial charge < -0.3 is 14.8 Å². The van der Waals surface area contributed by atoms with E-state index in [1.165, 1.54) is 11.8 Å². The van der Waals surface area contributed by atoms with Gasteiger partial charge in [0, 0.05) is 6.07 Å². The molecule has 1 aliphatic rings. The van der Waals surface area contributed by atoms with Gasteiger partial charge in [0.15, 0.2) is 16.7 Å². The number of amides is 1. The Kier molecular flexibility index (Phi) is 8.08. The standard InChI is InChI=1S/C25H19BrN4O7S/c1-3-36-21-11-15(12-22-24(31)28-25(38-22)27-16-6-4-14(2)5-7-16)10-18(26)23(21)37-20-9-8-17(29(32)33)13-19(20)30(34)35/h4-13H,3H2,1-2H3,(H,27,28,31)/b22-12-. The van der Waals surface area contributed by atoms with E-state index in [9.17, 15) is 25.0 Å². The lowest BCUT2D eigenvalue weighted by atomic mass is 10.1. The first kappa shape index (κ1) is 26.8. The molecule has 0 spiro atoms. The zero-order valence-electron chi connectivity index (χ0n) is 20.0. The molecule has 1 fully saturated rings. The van der Waals surface area contributed by atoms with Gasteiger partial charge in [-0.3, -0.25) is 25.0 Å². The van der Waals surface area contributed by atoms with Crippen LogP contribution in [-0.4, -0.2) is 27.5 Å². The van der Waals surface area contributed by atoms with Crippen LogP contribution in [0.3, 0.4) is 0 Å². The van der Waals surface area contributed by atoms with E-state index in [1.54, 1.807) is 25.1 Å². The highest BCUT2D eigenvalue weighted by molar-refractivity contribution is 9.10. The molecule has 0 aliphatic carbocycles. The quantitative estimate of drug-likeness (QED) is 0.172. The van der Waals surface area contributed by atoms with Crippen molar-refractivity contribution in [3.05, 3.63) is 95.3 Å². The number of hydrogen-bond acceptors (Lipinski definition) is 9. The lowest BCUT2D eigenvalue weighted by Gasteiger charge is -2.14. The minimum Gasteiger partial charge on any atom is -0.490 e. The number of thioether (sulfide) groups is 1. The Bertz CT molecular complexity index is 1510. The average Bonchev–Trinajstić information content (AvgIpc) is 3.20. The summed E-state index contributed by atoms with van der Waals surface area (Å²) >= 11 is 4.59. The zero-order valence-corrected chi connectivity index (χ0v) is 22.4. The van der Waals surface area contributed by atoms with Crippen LogP contribution in [0.2, 0.25) is 0 Å². The molecule has 1 N–H and O–H groups in total. The number of aliphatic imine (C=N–C) groups is 1. The van der Waals surface area contributed by atoms with Gasteiger partial charge in [0.25, 0.3) is 11.6 Å². The van der Waals surface area contributed by atoms with Crippen molar-refractivity contribution in [2.24, 2.45) is 4.99 Å². The van der Waals surface area contributed by atoms with E-state index in [-0.39, 0.29) is 29.8 Å². The largest absolute Gasteiger partial charge is 0.490 e. The smallest absolute Gasteiger partial charge is 0.318 e. The number of rotatable bonds is 8. The topological polar surface area (TPSA) is 146 Å². The van der Waals surface area contributed by atoms with Crippen molar-refractivity contribution in [1.82, 2.24) is 5.32 Å². The van der Waals surface area contributed by atoms with Crippen molar-refractivity contribution < 1.29 is 24.1 Å². The molecule has 0 unspecified atom stereocenters. The number of carbonyl (C=O) groups excluding carboxylic acids is 1. The molecule has 3 aromatic carbocycles. The van der Waals surface area contributed by atoms with E-state index < -0.39 is 21.2 Å². The Balaban J connectivity index is 1.65. The number of halogens is 1. The van der Waals surface area contributed by atoms with Crippen LogP contribution in [0.1, 0.15) is 18.1 Å². The normalized spacial score (nSPS) is 15.0. The second-order valence-corrected chi connectivity index (χ2v) is 9.73. The van der Waals surface area contributed by atoms with Crippen LogP contribution in [0.25, 0.3) is 6.08 Å². The summed E-state index contributed by atoms with van der Waals surface area (Å²) in [7, 11) is 0. The Morgan fingerprint density at radius 3 is 2.45 bits per heavy atom. The van der Waals surface area contributed by atoms with Gasteiger partial charge in [-0.05, 0) is 83.5 Å². The van der Waals surface area contributed by atoms with Gasteiger partial charge >= 0.3 is 5.69 Å². The molecule has 13 heteroatoms. The highest BCUT2D eigenvalue weighted by Crippen LogP contribution is 2.43. The molecule has 1 aliphatic heterocycles. The SMILES string of the molecule is CCOc1cc(/C=C2\SC(=Nc3ccc(C)cc3)NC2=O)cc(Br)c1Oc1ccc([N+](=O)[O-])cc1[N+](=O)[O-]. The summed E-state index contributed by atoms with van der Waals surface area (Å²) in [6.07, 6.45) is 1.66. The van der Waals surface area contributed by atoms with Gasteiger partial charge in [0.05, 0.1) is 37.6 Å². The minimum absolute atomic E-state index is 0.135. The Morgan fingerprint density at radius 2 is 1.79 bits per heavy atom. The molecule has 38 heavy (non-hydrogen) atoms. The van der Waals surface area contributed by atoms with E-state index >= 15 is 0 Å². The lowest BCUT2D eigenvalue weighted by molar-refractivity contribution is -0.394. The molecule has 1 saturated heterocycles. The van der Waals surface area contributed by atoms with Gasteiger partial charge in [-0.25, -0.2) is 4.99 Å². The Labute approximate surface area is 229 Å². The summed E-state index contributed by atoms with van der Waals surface area (Å²) in [6.45, 7) is 3.99. The zero-order chi connectivity index (χ0) is 27.4. The van der Waals surface area contributed by atoms with Crippen LogP contribution in [0.15, 0.2) is 69.0 Å². The summed E-state index contributed by atoms with van der Waals surface area (Å²) < 4.78 is 11.9. The first-order chi connectivity index (χ1) is 18.1. The molecular formula is C25H19BrN4O7S. The first-order valence-electron chi connectivity index (χ1n) is 11.1. The summed E-state index contributed by atoms with van der Waals surface area (Å²) in [5.41, 5.74) is 1.40. The molecule has 1 heterocycles. The van der Waals surface area contributed by atoms with Crippen LogP contribution in [-0.2, 0) is 4.79 Å². The third kappa shape index (κ3) is 6.18. The van der Waals surface area contributed by atoms with Crippen LogP contribution in [0.5, 0.6) is 17.2 Å². The van der Waals surface area contributed by atoms with E-state index in [2.05, 4.69) is 26.2 Å². The average molecular weight is 599 g/mol. The van der Waals surface area contributed by atoms with Crippen molar-refractivity contribution in [1.29, 1.82) is 0 Å². The third-order valence-electron chi connectivity index (χ3n) is 5.11. The van der Waals surface area contributed by atoms with Crippen LogP contribution >= 0.6 is 27.7 Å². The van der Waals surface area contributed by atoms with Gasteiger partial charge in [-0.2, -0.15) is 0 Å². The van der Waals surface area contributed by atoms with Gasteiger partial charge in [0.2, 0.25) is 5.75 Å². The van der Waals surface area contributed by atoms with E-state index in [4.69, 9.17) is 9.47 Å². The van der Waals surface area contributed by atoms with E-state index in [1.807, 2.05) is 31.2 Å². The predicted molar refractivity (Wildman–Crippen MR) is 147 cm³/mol. The molecule has 194 valence electrons. The molecule has 0 radical (unpaired) electrons. The predicted octanol–water partition coefficient (Wildman–Crippen LogP) is 6.66. The van der Waals surface area contributed by atoms with Crippen molar-refractivity contribution in [2.75, 3.05) is 6.61 Å². The maximum atomic E-state index is 12.6. The number of hydrogen-bond donors (Lipinski definition) is 1. The first-order valence-corrected chi connectivity index (χ1v) is 12.7. The van der Waals surface area contributed by atoms with Crippen molar-refractivity contribution in [3.63, 3.8) is 0 Å². The fourth-order valence-electron chi connectivity index (χ4n) is 3.36. The number of carbonyl (C=O) groups is 1. The molecule has 3 aromatic rings. The second-order valence-electron chi connectivity index (χ2n) is 7.85. The molecule has 4 rings (SSSR count). The van der Waals surface area contributed by atoms with Gasteiger partial charge in [-0.15, -0.1) is 0 Å². The molecular weight excluding hydrogens is 580 g/mol. The Morgan fingerprint density at radius 1 is 1.05 bits per heavy atom. The molecule has 0 bridgehead atoms. The van der Waals surface area contributed by atoms with Crippen LogP contribution < -0.4 is 14.8 Å². The van der Waals surface area contributed by atoms with Gasteiger partial charge in [0.1, 0.15) is 0 Å². The maximum absolute atomic E-state index is 12.6. The fraction of sp³-hybridized carbons (Fsp3) is 0.120. The third-order valence-corrected chi connectivity index (χ3v) is 6.61. The Hall–Kier alpha value is -4.23. The molecule has 1 amide bonds. The number of ether oxygens (including phenoxy) is 2. The lowest BCUT2D eigenvalue weighted by Crippen LogP contribution is -2.19. The summed E-state index contributed by atoms with van der Waals surface area (Å²) in [4.78, 5) is 38.5. The highest BCUT2D eigenvalue weighted by atomic mass is 79.9. The molecule has 0 atom stereocenters. The number of aryl methyl sites for hydroxylation is 1. The number of benzene rings is 3. The second kappa shape index (κ2) is 11.4.